The van der Waals surface area contributed by atoms with E-state index in [0.717, 1.165) is 0 Å². The number of hydrogen-bond acceptors (Lipinski definition) is 3. The van der Waals surface area contributed by atoms with Gasteiger partial charge in [0.05, 0.1) is 21.4 Å². The van der Waals surface area contributed by atoms with Crippen LogP contribution in [-0.2, 0) is 10.0 Å². The van der Waals surface area contributed by atoms with Gasteiger partial charge in [-0.1, -0.05) is 40.9 Å². The summed E-state index contributed by atoms with van der Waals surface area (Å²) in [4.78, 5) is -0.147. The van der Waals surface area contributed by atoms with Crippen LogP contribution >= 0.6 is 34.8 Å². The Morgan fingerprint density at radius 2 is 1.70 bits per heavy atom. The molecule has 2 aromatic rings. The first-order valence-electron chi connectivity index (χ1n) is 5.33. The van der Waals surface area contributed by atoms with Crippen LogP contribution < -0.4 is 10.5 Å². The molecule has 0 bridgehead atoms. The van der Waals surface area contributed by atoms with Crippen molar-refractivity contribution in [2.24, 2.45) is 0 Å². The summed E-state index contributed by atoms with van der Waals surface area (Å²) in [5.41, 5.74) is 6.01. The molecular formula is C12H9Cl3N2O2S. The summed E-state index contributed by atoms with van der Waals surface area (Å²) in [6, 6.07) is 8.81. The highest BCUT2D eigenvalue weighted by molar-refractivity contribution is 7.92. The Morgan fingerprint density at radius 1 is 1.00 bits per heavy atom. The molecule has 0 aromatic heterocycles. The summed E-state index contributed by atoms with van der Waals surface area (Å²) in [6.45, 7) is 0. The summed E-state index contributed by atoms with van der Waals surface area (Å²) < 4.78 is 26.9. The summed E-state index contributed by atoms with van der Waals surface area (Å²) in [5.74, 6) is 0. The van der Waals surface area contributed by atoms with Gasteiger partial charge in [-0.3, -0.25) is 4.72 Å². The lowest BCUT2D eigenvalue weighted by Crippen LogP contribution is -2.15. The van der Waals surface area contributed by atoms with Gasteiger partial charge in [0, 0.05) is 5.02 Å². The van der Waals surface area contributed by atoms with Crippen molar-refractivity contribution < 1.29 is 8.42 Å². The van der Waals surface area contributed by atoms with E-state index in [4.69, 9.17) is 40.5 Å². The van der Waals surface area contributed by atoms with Gasteiger partial charge in [0.15, 0.2) is 0 Å². The summed E-state index contributed by atoms with van der Waals surface area (Å²) in [5, 5.41) is 0.487. The maximum atomic E-state index is 12.3. The molecule has 4 nitrogen and oxygen atoms in total. The van der Waals surface area contributed by atoms with E-state index in [1.165, 1.54) is 30.3 Å². The molecule has 0 aliphatic rings. The van der Waals surface area contributed by atoms with Crippen LogP contribution in [0.1, 0.15) is 0 Å². The van der Waals surface area contributed by atoms with Gasteiger partial charge in [-0.25, -0.2) is 8.42 Å². The van der Waals surface area contributed by atoms with Crippen molar-refractivity contribution in [1.29, 1.82) is 0 Å². The zero-order chi connectivity index (χ0) is 14.9. The second kappa shape index (κ2) is 5.69. The summed E-state index contributed by atoms with van der Waals surface area (Å²) in [7, 11) is -3.94. The van der Waals surface area contributed by atoms with E-state index in [0.29, 0.717) is 0 Å². The molecule has 0 saturated carbocycles. The van der Waals surface area contributed by atoms with Crippen LogP contribution in [0.5, 0.6) is 0 Å². The Hall–Kier alpha value is -1.14. The Balaban J connectivity index is 2.49. The van der Waals surface area contributed by atoms with Gasteiger partial charge in [-0.2, -0.15) is 0 Å². The van der Waals surface area contributed by atoms with Gasteiger partial charge >= 0.3 is 0 Å². The number of nitrogens with two attached hydrogens (primary N) is 1. The zero-order valence-corrected chi connectivity index (χ0v) is 13.0. The summed E-state index contributed by atoms with van der Waals surface area (Å²) >= 11 is 17.6. The van der Waals surface area contributed by atoms with Crippen molar-refractivity contribution >= 4 is 56.2 Å². The molecule has 0 fully saturated rings. The van der Waals surface area contributed by atoms with Gasteiger partial charge in [0.25, 0.3) is 10.0 Å². The first-order valence-corrected chi connectivity index (χ1v) is 7.95. The number of halogens is 3. The van der Waals surface area contributed by atoms with E-state index < -0.39 is 10.0 Å². The van der Waals surface area contributed by atoms with Gasteiger partial charge in [0.2, 0.25) is 0 Å². The van der Waals surface area contributed by atoms with E-state index in [1.807, 2.05) is 0 Å². The lowest BCUT2D eigenvalue weighted by molar-refractivity contribution is 0.601. The number of nitrogens with one attached hydrogen (secondary N) is 1. The highest BCUT2D eigenvalue weighted by Crippen LogP contribution is 2.32. The minimum absolute atomic E-state index is 0.0486. The Bertz CT molecular complexity index is 743. The average Bonchev–Trinajstić information content (AvgIpc) is 2.37. The lowest BCUT2D eigenvalue weighted by Gasteiger charge is -2.13. The molecule has 2 aromatic carbocycles. The second-order valence-electron chi connectivity index (χ2n) is 3.88. The zero-order valence-electron chi connectivity index (χ0n) is 9.90. The van der Waals surface area contributed by atoms with Gasteiger partial charge in [-0.05, 0) is 30.3 Å². The lowest BCUT2D eigenvalue weighted by atomic mass is 10.3. The average molecular weight is 352 g/mol. The predicted octanol–water partition coefficient (Wildman–Crippen LogP) is 4.03. The third kappa shape index (κ3) is 3.12. The van der Waals surface area contributed by atoms with Crippen molar-refractivity contribution in [3.8, 4) is 0 Å². The smallest absolute Gasteiger partial charge is 0.263 e. The third-order valence-electron chi connectivity index (χ3n) is 2.47. The molecule has 0 amide bonds. The minimum Gasteiger partial charge on any atom is -0.397 e. The van der Waals surface area contributed by atoms with Crippen molar-refractivity contribution in [3.63, 3.8) is 0 Å². The van der Waals surface area contributed by atoms with Crippen LogP contribution in [0.4, 0.5) is 11.4 Å². The molecule has 106 valence electrons. The number of sulfonamides is 1. The third-order valence-corrected chi connectivity index (χ3v) is 4.85. The maximum absolute atomic E-state index is 12.3. The first kappa shape index (κ1) is 15.3. The highest BCUT2D eigenvalue weighted by Gasteiger charge is 2.20. The number of benzene rings is 2. The molecule has 0 aliphatic heterocycles. The van der Waals surface area contributed by atoms with Gasteiger partial charge in [-0.15, -0.1) is 0 Å². The Labute approximate surface area is 131 Å². The van der Waals surface area contributed by atoms with Crippen LogP contribution in [-0.4, -0.2) is 8.42 Å². The van der Waals surface area contributed by atoms with Crippen LogP contribution in [0.3, 0.4) is 0 Å². The van der Waals surface area contributed by atoms with E-state index in [1.54, 1.807) is 6.07 Å². The van der Waals surface area contributed by atoms with Crippen LogP contribution in [0.25, 0.3) is 0 Å². The molecule has 0 heterocycles. The molecule has 20 heavy (non-hydrogen) atoms. The second-order valence-corrected chi connectivity index (χ2v) is 6.79. The van der Waals surface area contributed by atoms with Crippen molar-refractivity contribution in [2.75, 3.05) is 10.5 Å². The monoisotopic (exact) mass is 350 g/mol. The van der Waals surface area contributed by atoms with Crippen molar-refractivity contribution in [1.82, 2.24) is 0 Å². The topological polar surface area (TPSA) is 72.2 Å². The molecular weight excluding hydrogens is 343 g/mol. The fraction of sp³-hybridized carbons (Fsp3) is 0. The molecule has 3 N–H and O–H groups in total. The van der Waals surface area contributed by atoms with Crippen molar-refractivity contribution in [3.05, 3.63) is 51.5 Å². The normalized spacial score (nSPS) is 11.3. The fourth-order valence-corrected chi connectivity index (χ4v) is 3.68. The number of hydrogen-bond donors (Lipinski definition) is 2. The molecule has 0 unspecified atom stereocenters. The Kier molecular flexibility index (Phi) is 4.34. The maximum Gasteiger partial charge on any atom is 0.263 e. The predicted molar refractivity (Wildman–Crippen MR) is 83.1 cm³/mol. The number of nitrogen functional groups attached to an aromatic ring is 1. The molecule has 0 spiro atoms. The summed E-state index contributed by atoms with van der Waals surface area (Å²) in [6.07, 6.45) is 0. The van der Waals surface area contributed by atoms with Crippen LogP contribution in [0.15, 0.2) is 41.3 Å². The number of rotatable bonds is 3. The van der Waals surface area contributed by atoms with Gasteiger partial charge < -0.3 is 5.73 Å². The van der Waals surface area contributed by atoms with E-state index in [2.05, 4.69) is 4.72 Å². The first-order chi connectivity index (χ1) is 9.31. The Morgan fingerprint density at radius 3 is 2.35 bits per heavy atom. The quantitative estimate of drug-likeness (QED) is 0.820. The van der Waals surface area contributed by atoms with Crippen LogP contribution in [0, 0.1) is 0 Å². The standard InChI is InChI=1S/C12H9Cl3N2O2S/c13-7-4-5-8(14)11(6-7)20(18,19)17-12-9(15)2-1-3-10(12)16/h1-6,17H,16H2. The molecule has 8 heteroatoms. The van der Waals surface area contributed by atoms with Crippen molar-refractivity contribution in [2.45, 2.75) is 4.90 Å². The molecule has 0 atom stereocenters. The van der Waals surface area contributed by atoms with E-state index >= 15 is 0 Å². The minimum atomic E-state index is -3.94. The largest absolute Gasteiger partial charge is 0.397 e. The highest BCUT2D eigenvalue weighted by atomic mass is 35.5. The van der Waals surface area contributed by atoms with Crippen LogP contribution in [0.2, 0.25) is 15.1 Å². The number of para-hydroxylation sites is 1. The van der Waals surface area contributed by atoms with E-state index in [-0.39, 0.29) is 31.3 Å². The van der Waals surface area contributed by atoms with Gasteiger partial charge in [0.1, 0.15) is 4.90 Å². The SMILES string of the molecule is Nc1cccc(Cl)c1NS(=O)(=O)c1cc(Cl)ccc1Cl. The molecule has 0 radical (unpaired) electrons. The number of anilines is 2. The van der Waals surface area contributed by atoms with E-state index in [9.17, 15) is 8.42 Å². The fourth-order valence-electron chi connectivity index (χ4n) is 1.52. The molecule has 0 aliphatic carbocycles. The molecule has 2 rings (SSSR count). The molecule has 0 saturated heterocycles.